The van der Waals surface area contributed by atoms with E-state index in [9.17, 15) is 18.0 Å². The molecule has 7 heteroatoms. The second-order valence-corrected chi connectivity index (χ2v) is 4.68. The average Bonchev–Trinajstić information content (AvgIpc) is 2.85. The van der Waals surface area contributed by atoms with E-state index in [4.69, 9.17) is 5.26 Å². The van der Waals surface area contributed by atoms with Gasteiger partial charge in [-0.2, -0.15) is 18.4 Å². The molecule has 2 unspecified atom stereocenters. The highest BCUT2D eigenvalue weighted by Crippen LogP contribution is 2.28. The summed E-state index contributed by atoms with van der Waals surface area (Å²) in [4.78, 5) is 15.4. The minimum Gasteiger partial charge on any atom is -0.347 e. The normalized spacial score (nSPS) is 22.3. The lowest BCUT2D eigenvalue weighted by molar-refractivity contribution is -0.137. The summed E-state index contributed by atoms with van der Waals surface area (Å²) in [6.45, 7) is 0. The maximum Gasteiger partial charge on any atom is 0.417 e. The molecule has 1 heterocycles. The summed E-state index contributed by atoms with van der Waals surface area (Å²) in [6.07, 6.45) is -1.57. The van der Waals surface area contributed by atoms with Crippen molar-refractivity contribution in [2.45, 2.75) is 31.5 Å². The van der Waals surface area contributed by atoms with Gasteiger partial charge in [-0.25, -0.2) is 0 Å². The number of alkyl halides is 3. The van der Waals surface area contributed by atoms with Crippen LogP contribution in [0.3, 0.4) is 0 Å². The molecule has 0 aromatic carbocycles. The SMILES string of the molecule is N#CC1CCCC1NC(=O)c1ccc(C(F)(F)F)cn1. The number of hydrogen-bond acceptors (Lipinski definition) is 3. The van der Waals surface area contributed by atoms with E-state index in [0.717, 1.165) is 25.0 Å². The van der Waals surface area contributed by atoms with Crippen LogP contribution in [0.2, 0.25) is 0 Å². The molecule has 0 saturated heterocycles. The summed E-state index contributed by atoms with van der Waals surface area (Å²) in [7, 11) is 0. The van der Waals surface area contributed by atoms with E-state index < -0.39 is 17.6 Å². The number of nitrogens with zero attached hydrogens (tertiary/aromatic N) is 2. The first-order valence-electron chi connectivity index (χ1n) is 6.15. The smallest absolute Gasteiger partial charge is 0.347 e. The second kappa shape index (κ2) is 5.49. The van der Waals surface area contributed by atoms with E-state index in [1.54, 1.807) is 0 Å². The van der Waals surface area contributed by atoms with Crippen LogP contribution in [0.25, 0.3) is 0 Å². The standard InChI is InChI=1S/C13H12F3N3O/c14-13(15,16)9-4-5-11(18-7-9)12(20)19-10-3-1-2-8(10)6-17/h4-5,7-8,10H,1-3H2,(H,19,20). The van der Waals surface area contributed by atoms with Crippen LogP contribution in [0.1, 0.15) is 35.3 Å². The number of hydrogen-bond donors (Lipinski definition) is 1. The predicted octanol–water partition coefficient (Wildman–Crippen LogP) is 2.52. The molecule has 1 aliphatic carbocycles. The van der Waals surface area contributed by atoms with E-state index in [1.807, 2.05) is 0 Å². The fourth-order valence-corrected chi connectivity index (χ4v) is 2.23. The van der Waals surface area contributed by atoms with E-state index >= 15 is 0 Å². The van der Waals surface area contributed by atoms with Crippen LogP contribution >= 0.6 is 0 Å². The maximum atomic E-state index is 12.4. The Morgan fingerprint density at radius 3 is 2.70 bits per heavy atom. The summed E-state index contributed by atoms with van der Waals surface area (Å²) >= 11 is 0. The number of carbonyl (C=O) groups excluding carboxylic acids is 1. The van der Waals surface area contributed by atoms with Gasteiger partial charge in [0.2, 0.25) is 0 Å². The van der Waals surface area contributed by atoms with Crippen molar-refractivity contribution in [3.63, 3.8) is 0 Å². The Balaban J connectivity index is 2.05. The molecular weight excluding hydrogens is 271 g/mol. The molecule has 0 radical (unpaired) electrons. The summed E-state index contributed by atoms with van der Waals surface area (Å²) in [5.41, 5.74) is -0.980. The molecule has 4 nitrogen and oxygen atoms in total. The van der Waals surface area contributed by atoms with Gasteiger partial charge in [-0.05, 0) is 31.4 Å². The van der Waals surface area contributed by atoms with Crippen molar-refractivity contribution in [2.24, 2.45) is 5.92 Å². The first kappa shape index (κ1) is 14.3. The van der Waals surface area contributed by atoms with Crippen LogP contribution < -0.4 is 5.32 Å². The van der Waals surface area contributed by atoms with Gasteiger partial charge in [0.1, 0.15) is 5.69 Å². The lowest BCUT2D eigenvalue weighted by atomic mass is 10.1. The number of halogens is 3. The lowest BCUT2D eigenvalue weighted by Crippen LogP contribution is -2.37. The average molecular weight is 283 g/mol. The molecule has 1 fully saturated rings. The first-order valence-corrected chi connectivity index (χ1v) is 6.15. The summed E-state index contributed by atoms with van der Waals surface area (Å²) < 4.78 is 37.1. The number of carbonyl (C=O) groups is 1. The second-order valence-electron chi connectivity index (χ2n) is 4.68. The third-order valence-corrected chi connectivity index (χ3v) is 3.32. The Morgan fingerprint density at radius 2 is 2.15 bits per heavy atom. The van der Waals surface area contributed by atoms with Gasteiger partial charge in [-0.1, -0.05) is 0 Å². The Kier molecular flexibility index (Phi) is 3.93. The van der Waals surface area contributed by atoms with E-state index in [-0.39, 0.29) is 17.7 Å². The molecule has 0 aliphatic heterocycles. The summed E-state index contributed by atoms with van der Waals surface area (Å²) in [5.74, 6) is -0.792. The first-order chi connectivity index (χ1) is 9.41. The van der Waals surface area contributed by atoms with Crippen LogP contribution in [-0.4, -0.2) is 16.9 Å². The zero-order chi connectivity index (χ0) is 14.8. The highest BCUT2D eigenvalue weighted by Gasteiger charge is 2.32. The summed E-state index contributed by atoms with van der Waals surface area (Å²) in [5, 5.41) is 11.6. The van der Waals surface area contributed by atoms with Gasteiger partial charge >= 0.3 is 6.18 Å². The van der Waals surface area contributed by atoms with Crippen LogP contribution in [0.4, 0.5) is 13.2 Å². The third kappa shape index (κ3) is 3.07. The molecule has 1 aliphatic rings. The fourth-order valence-electron chi connectivity index (χ4n) is 2.23. The van der Waals surface area contributed by atoms with Crippen molar-refractivity contribution in [3.8, 4) is 6.07 Å². The highest BCUT2D eigenvalue weighted by atomic mass is 19.4. The van der Waals surface area contributed by atoms with Gasteiger partial charge in [0.05, 0.1) is 17.6 Å². The number of pyridine rings is 1. The monoisotopic (exact) mass is 283 g/mol. The number of amides is 1. The number of aromatic nitrogens is 1. The van der Waals surface area contributed by atoms with Crippen molar-refractivity contribution < 1.29 is 18.0 Å². The van der Waals surface area contributed by atoms with Gasteiger partial charge in [0.15, 0.2) is 0 Å². The van der Waals surface area contributed by atoms with Crippen molar-refractivity contribution in [1.29, 1.82) is 5.26 Å². The van der Waals surface area contributed by atoms with Gasteiger partial charge in [0, 0.05) is 12.2 Å². The van der Waals surface area contributed by atoms with Crippen molar-refractivity contribution >= 4 is 5.91 Å². The number of nitriles is 1. The van der Waals surface area contributed by atoms with Crippen LogP contribution in [-0.2, 0) is 6.18 Å². The minimum atomic E-state index is -4.47. The van der Waals surface area contributed by atoms with Crippen molar-refractivity contribution in [3.05, 3.63) is 29.6 Å². The van der Waals surface area contributed by atoms with Crippen molar-refractivity contribution in [2.75, 3.05) is 0 Å². The Hall–Kier alpha value is -2.10. The molecule has 0 bridgehead atoms. The molecule has 1 aromatic rings. The minimum absolute atomic E-state index is 0.0819. The zero-order valence-electron chi connectivity index (χ0n) is 10.4. The predicted molar refractivity (Wildman–Crippen MR) is 63.4 cm³/mol. The number of nitrogens with one attached hydrogen (secondary N) is 1. The zero-order valence-corrected chi connectivity index (χ0v) is 10.4. The molecule has 2 atom stereocenters. The highest BCUT2D eigenvalue weighted by molar-refractivity contribution is 5.92. The maximum absolute atomic E-state index is 12.4. The van der Waals surface area contributed by atoms with Gasteiger partial charge in [-0.3, -0.25) is 9.78 Å². The van der Waals surface area contributed by atoms with E-state index in [2.05, 4.69) is 16.4 Å². The van der Waals surface area contributed by atoms with E-state index in [0.29, 0.717) is 12.6 Å². The molecule has 20 heavy (non-hydrogen) atoms. The summed E-state index contributed by atoms with van der Waals surface area (Å²) in [6, 6.07) is 3.72. The van der Waals surface area contributed by atoms with Crippen LogP contribution in [0.15, 0.2) is 18.3 Å². The molecule has 1 saturated carbocycles. The molecule has 2 rings (SSSR count). The Labute approximate surface area is 113 Å². The fraction of sp³-hybridized carbons (Fsp3) is 0.462. The lowest BCUT2D eigenvalue weighted by Gasteiger charge is -2.15. The van der Waals surface area contributed by atoms with Crippen molar-refractivity contribution in [1.82, 2.24) is 10.3 Å². The number of rotatable bonds is 2. The van der Waals surface area contributed by atoms with Crippen LogP contribution in [0, 0.1) is 17.2 Å². The third-order valence-electron chi connectivity index (χ3n) is 3.32. The molecule has 106 valence electrons. The molecule has 1 aromatic heterocycles. The molecule has 1 N–H and O–H groups in total. The topological polar surface area (TPSA) is 65.8 Å². The largest absolute Gasteiger partial charge is 0.417 e. The Bertz CT molecular complexity index is 533. The van der Waals surface area contributed by atoms with Crippen LogP contribution in [0.5, 0.6) is 0 Å². The molecular formula is C13H12F3N3O. The van der Waals surface area contributed by atoms with Gasteiger partial charge < -0.3 is 5.32 Å². The molecule has 0 spiro atoms. The van der Waals surface area contributed by atoms with E-state index in [1.165, 1.54) is 0 Å². The quantitative estimate of drug-likeness (QED) is 0.907. The van der Waals surface area contributed by atoms with Gasteiger partial charge in [-0.15, -0.1) is 0 Å². The van der Waals surface area contributed by atoms with Gasteiger partial charge in [0.25, 0.3) is 5.91 Å². The molecule has 1 amide bonds. The Morgan fingerprint density at radius 1 is 1.40 bits per heavy atom.